The number of hydrogen-bond acceptors (Lipinski definition) is 6. The molecular weight excluding hydrogens is 446 g/mol. The van der Waals surface area contributed by atoms with Crippen molar-refractivity contribution in [3.05, 3.63) is 64.2 Å². The van der Waals surface area contributed by atoms with Crippen LogP contribution in [0.4, 0.5) is 0 Å². The van der Waals surface area contributed by atoms with Gasteiger partial charge in [0.05, 0.1) is 37.0 Å². The quantitative estimate of drug-likeness (QED) is 0.367. The van der Waals surface area contributed by atoms with Crippen molar-refractivity contribution in [2.75, 3.05) is 26.9 Å². The van der Waals surface area contributed by atoms with Crippen LogP contribution >= 0.6 is 11.6 Å². The average Bonchev–Trinajstić information content (AvgIpc) is 3.42. The predicted molar refractivity (Wildman–Crippen MR) is 124 cm³/mol. The number of rotatable bonds is 7. The number of likely N-dealkylation sites (tertiary alicyclic amines) is 1. The van der Waals surface area contributed by atoms with E-state index in [1.165, 1.54) is 18.1 Å². The van der Waals surface area contributed by atoms with Crippen LogP contribution in [0.25, 0.3) is 5.76 Å². The lowest BCUT2D eigenvalue weighted by Gasteiger charge is -2.27. The smallest absolute Gasteiger partial charge is 0.295 e. The average molecular weight is 472 g/mol. The Morgan fingerprint density at radius 3 is 2.61 bits per heavy atom. The molecule has 0 bridgehead atoms. The van der Waals surface area contributed by atoms with E-state index in [1.54, 1.807) is 36.4 Å². The van der Waals surface area contributed by atoms with Crippen molar-refractivity contribution in [3.8, 4) is 11.5 Å². The third kappa shape index (κ3) is 4.56. The van der Waals surface area contributed by atoms with Gasteiger partial charge >= 0.3 is 0 Å². The van der Waals surface area contributed by atoms with E-state index in [2.05, 4.69) is 0 Å². The number of nitrogens with zero attached hydrogens (tertiary/aromatic N) is 1. The molecule has 2 aromatic rings. The van der Waals surface area contributed by atoms with Gasteiger partial charge in [-0.1, -0.05) is 23.7 Å². The van der Waals surface area contributed by atoms with E-state index in [0.717, 1.165) is 12.8 Å². The van der Waals surface area contributed by atoms with E-state index in [0.29, 0.717) is 35.3 Å². The predicted octanol–water partition coefficient (Wildman–Crippen LogP) is 4.35. The van der Waals surface area contributed by atoms with Crippen LogP contribution in [0.3, 0.4) is 0 Å². The lowest BCUT2D eigenvalue weighted by Crippen LogP contribution is -2.36. The topological polar surface area (TPSA) is 85.3 Å². The first-order valence-electron chi connectivity index (χ1n) is 10.9. The number of aliphatic hydroxyl groups excluding tert-OH is 1. The van der Waals surface area contributed by atoms with Gasteiger partial charge in [-0.25, -0.2) is 0 Å². The van der Waals surface area contributed by atoms with Crippen LogP contribution in [-0.2, 0) is 14.3 Å². The summed E-state index contributed by atoms with van der Waals surface area (Å²) in [5, 5.41) is 11.6. The third-order valence-corrected chi connectivity index (χ3v) is 6.12. The molecule has 2 atom stereocenters. The molecule has 174 valence electrons. The number of benzene rings is 2. The molecule has 2 aromatic carbocycles. The fraction of sp³-hybridized carbons (Fsp3) is 0.360. The minimum Gasteiger partial charge on any atom is -0.507 e. The first-order chi connectivity index (χ1) is 15.9. The van der Waals surface area contributed by atoms with Gasteiger partial charge in [0.25, 0.3) is 11.7 Å². The van der Waals surface area contributed by atoms with Gasteiger partial charge in [-0.15, -0.1) is 0 Å². The van der Waals surface area contributed by atoms with Crippen LogP contribution in [0.15, 0.2) is 48.0 Å². The van der Waals surface area contributed by atoms with E-state index >= 15 is 0 Å². The molecule has 2 fully saturated rings. The molecule has 0 saturated carbocycles. The molecule has 7 nitrogen and oxygen atoms in total. The molecule has 2 unspecified atom stereocenters. The number of halogens is 1. The second-order valence-electron chi connectivity index (χ2n) is 7.93. The van der Waals surface area contributed by atoms with Gasteiger partial charge < -0.3 is 24.2 Å². The summed E-state index contributed by atoms with van der Waals surface area (Å²) in [4.78, 5) is 27.8. The Morgan fingerprint density at radius 2 is 1.97 bits per heavy atom. The molecule has 2 saturated heterocycles. The first kappa shape index (κ1) is 23.1. The van der Waals surface area contributed by atoms with Gasteiger partial charge in [0.2, 0.25) is 0 Å². The Labute approximate surface area is 197 Å². The molecule has 0 radical (unpaired) electrons. The largest absolute Gasteiger partial charge is 0.507 e. The van der Waals surface area contributed by atoms with Crippen molar-refractivity contribution in [2.45, 2.75) is 31.9 Å². The Hall–Kier alpha value is -3.03. The monoisotopic (exact) mass is 471 g/mol. The molecule has 33 heavy (non-hydrogen) atoms. The van der Waals surface area contributed by atoms with Gasteiger partial charge in [0, 0.05) is 18.2 Å². The van der Waals surface area contributed by atoms with E-state index in [1.807, 2.05) is 6.92 Å². The number of aliphatic hydroxyl groups is 1. The normalized spacial score (nSPS) is 22.1. The van der Waals surface area contributed by atoms with E-state index in [9.17, 15) is 14.7 Å². The molecule has 0 aliphatic carbocycles. The highest BCUT2D eigenvalue weighted by molar-refractivity contribution is 6.46. The van der Waals surface area contributed by atoms with Gasteiger partial charge in [0.15, 0.2) is 0 Å². The van der Waals surface area contributed by atoms with Crippen molar-refractivity contribution >= 4 is 29.1 Å². The molecule has 2 aliphatic rings. The van der Waals surface area contributed by atoms with Crippen LogP contribution in [0, 0.1) is 0 Å². The van der Waals surface area contributed by atoms with Crippen LogP contribution in [0.5, 0.6) is 11.5 Å². The van der Waals surface area contributed by atoms with Crippen molar-refractivity contribution in [1.29, 1.82) is 0 Å². The second-order valence-corrected chi connectivity index (χ2v) is 8.37. The zero-order chi connectivity index (χ0) is 23.5. The third-order valence-electron chi connectivity index (χ3n) is 5.89. The van der Waals surface area contributed by atoms with Gasteiger partial charge in [-0.05, 0) is 55.7 Å². The highest BCUT2D eigenvalue weighted by Gasteiger charge is 2.47. The maximum atomic E-state index is 13.2. The molecule has 0 spiro atoms. The molecule has 4 rings (SSSR count). The van der Waals surface area contributed by atoms with Crippen LogP contribution in [0.1, 0.15) is 36.9 Å². The highest BCUT2D eigenvalue weighted by Crippen LogP contribution is 2.42. The van der Waals surface area contributed by atoms with E-state index < -0.39 is 17.7 Å². The highest BCUT2D eigenvalue weighted by atomic mass is 35.5. The zero-order valence-electron chi connectivity index (χ0n) is 18.5. The second kappa shape index (κ2) is 9.85. The summed E-state index contributed by atoms with van der Waals surface area (Å²) in [6, 6.07) is 11.1. The molecule has 2 heterocycles. The lowest BCUT2D eigenvalue weighted by atomic mass is 9.94. The summed E-state index contributed by atoms with van der Waals surface area (Å²) >= 11 is 6.15. The Bertz CT molecular complexity index is 1070. The fourth-order valence-electron chi connectivity index (χ4n) is 4.35. The summed E-state index contributed by atoms with van der Waals surface area (Å²) in [5.41, 5.74) is 0.914. The molecule has 1 N–H and O–H groups in total. The summed E-state index contributed by atoms with van der Waals surface area (Å²) in [7, 11) is 1.46. The van der Waals surface area contributed by atoms with Gasteiger partial charge in [-0.2, -0.15) is 0 Å². The Morgan fingerprint density at radius 1 is 1.21 bits per heavy atom. The van der Waals surface area contributed by atoms with E-state index in [4.69, 9.17) is 25.8 Å². The number of carbonyl (C=O) groups excluding carboxylic acids is 2. The molecule has 1 amide bonds. The number of Topliss-reactive ketones (excluding diaryl/α,β-unsaturated/α-hetero) is 1. The van der Waals surface area contributed by atoms with Crippen molar-refractivity contribution < 1.29 is 28.9 Å². The number of carbonyl (C=O) groups is 2. The number of ketones is 1. The van der Waals surface area contributed by atoms with Crippen molar-refractivity contribution in [3.63, 3.8) is 0 Å². The molecular formula is C25H26ClNO6. The first-order valence-corrected chi connectivity index (χ1v) is 11.3. The molecule has 2 aliphatic heterocycles. The van der Waals surface area contributed by atoms with Crippen LogP contribution in [-0.4, -0.2) is 54.7 Å². The fourth-order valence-corrected chi connectivity index (χ4v) is 4.52. The maximum Gasteiger partial charge on any atom is 0.295 e. The van der Waals surface area contributed by atoms with Crippen molar-refractivity contribution in [1.82, 2.24) is 4.90 Å². The Kier molecular flexibility index (Phi) is 6.91. The summed E-state index contributed by atoms with van der Waals surface area (Å²) in [6.45, 7) is 3.29. The summed E-state index contributed by atoms with van der Waals surface area (Å²) < 4.78 is 16.6. The standard InChI is InChI=1S/C25H26ClNO6/c1-3-32-17-9-6-15(7-10-17)22-21(23(28)19-13-16(26)8-11-20(19)31-2)24(29)25(30)27(22)14-18-5-4-12-33-18/h6-11,13,18,22,28H,3-5,12,14H2,1-2H3/b23-21+. The van der Waals surface area contributed by atoms with E-state index in [-0.39, 0.29) is 29.5 Å². The summed E-state index contributed by atoms with van der Waals surface area (Å²) in [6.07, 6.45) is 1.55. The molecule has 0 aromatic heterocycles. The zero-order valence-corrected chi connectivity index (χ0v) is 19.3. The lowest BCUT2D eigenvalue weighted by molar-refractivity contribution is -0.140. The Balaban J connectivity index is 1.84. The number of methoxy groups -OCH3 is 1. The minimum atomic E-state index is -0.784. The van der Waals surface area contributed by atoms with Crippen LogP contribution in [0.2, 0.25) is 5.02 Å². The number of amides is 1. The van der Waals surface area contributed by atoms with Gasteiger partial charge in [0.1, 0.15) is 17.3 Å². The number of hydrogen-bond donors (Lipinski definition) is 1. The van der Waals surface area contributed by atoms with Crippen LogP contribution < -0.4 is 9.47 Å². The molecule has 8 heteroatoms. The summed E-state index contributed by atoms with van der Waals surface area (Å²) in [5.74, 6) is -0.749. The number of ether oxygens (including phenoxy) is 3. The maximum absolute atomic E-state index is 13.2. The SMILES string of the molecule is CCOc1ccc(C2/C(=C(\O)c3cc(Cl)ccc3OC)C(=O)C(=O)N2CC2CCCO2)cc1. The minimum absolute atomic E-state index is 0.0114. The van der Waals surface area contributed by atoms with Gasteiger partial charge in [-0.3, -0.25) is 9.59 Å². The van der Waals surface area contributed by atoms with Crippen molar-refractivity contribution in [2.24, 2.45) is 0 Å².